The lowest BCUT2D eigenvalue weighted by Crippen LogP contribution is -2.67. The van der Waals surface area contributed by atoms with Crippen molar-refractivity contribution >= 4 is 5.91 Å². The van der Waals surface area contributed by atoms with Gasteiger partial charge < -0.3 is 10.2 Å². The van der Waals surface area contributed by atoms with Crippen molar-refractivity contribution < 1.29 is 4.79 Å². The average Bonchev–Trinajstić information content (AvgIpc) is 2.02. The zero-order valence-corrected chi connectivity index (χ0v) is 6.84. The number of piperidine rings is 1. The maximum absolute atomic E-state index is 11.2. The van der Waals surface area contributed by atoms with Crippen LogP contribution in [0.4, 0.5) is 0 Å². The van der Waals surface area contributed by atoms with Gasteiger partial charge in [-0.05, 0) is 6.42 Å². The first-order chi connectivity index (χ1) is 5.29. The third-order valence-electron chi connectivity index (χ3n) is 2.58. The molecule has 3 aliphatic heterocycles. The van der Waals surface area contributed by atoms with Crippen LogP contribution in [0.1, 0.15) is 19.8 Å². The molecule has 62 valence electrons. The number of carbonyl (C=O) groups excluding carboxylic acids is 1. The number of piperazine rings is 1. The third-order valence-corrected chi connectivity index (χ3v) is 2.58. The second-order valence-corrected chi connectivity index (χ2v) is 3.45. The highest BCUT2D eigenvalue weighted by Crippen LogP contribution is 2.20. The van der Waals surface area contributed by atoms with E-state index in [1.54, 1.807) is 0 Å². The molecule has 3 aliphatic rings. The van der Waals surface area contributed by atoms with Gasteiger partial charge in [-0.3, -0.25) is 4.79 Å². The molecular formula is C8H14N2O. The first-order valence-corrected chi connectivity index (χ1v) is 4.33. The molecule has 0 radical (unpaired) electrons. The molecule has 0 aromatic heterocycles. The van der Waals surface area contributed by atoms with Gasteiger partial charge in [0.1, 0.15) is 0 Å². The minimum atomic E-state index is 0.307. The molecule has 3 heterocycles. The minimum Gasteiger partial charge on any atom is -0.340 e. The molecule has 3 heteroatoms. The molecule has 0 aromatic rings. The monoisotopic (exact) mass is 154 g/mol. The summed E-state index contributed by atoms with van der Waals surface area (Å²) in [5.41, 5.74) is 0. The Bertz CT molecular complexity index is 165. The van der Waals surface area contributed by atoms with Gasteiger partial charge in [0.2, 0.25) is 5.91 Å². The van der Waals surface area contributed by atoms with Gasteiger partial charge >= 0.3 is 0 Å². The van der Waals surface area contributed by atoms with Crippen molar-refractivity contribution in [2.75, 3.05) is 13.1 Å². The number of amides is 1. The van der Waals surface area contributed by atoms with Gasteiger partial charge in [-0.2, -0.15) is 0 Å². The molecule has 3 saturated heterocycles. The molecule has 2 atom stereocenters. The van der Waals surface area contributed by atoms with E-state index in [9.17, 15) is 4.79 Å². The van der Waals surface area contributed by atoms with Gasteiger partial charge in [0.15, 0.2) is 0 Å². The Kier molecular flexibility index (Phi) is 1.60. The van der Waals surface area contributed by atoms with Gasteiger partial charge in [-0.1, -0.05) is 6.92 Å². The number of nitrogens with one attached hydrogen (secondary N) is 1. The molecule has 1 amide bonds. The maximum atomic E-state index is 11.2. The summed E-state index contributed by atoms with van der Waals surface area (Å²) in [4.78, 5) is 13.2. The number of hydrogen-bond donors (Lipinski definition) is 1. The van der Waals surface area contributed by atoms with E-state index in [0.29, 0.717) is 24.4 Å². The Balaban J connectivity index is 1.92. The first kappa shape index (κ1) is 7.10. The van der Waals surface area contributed by atoms with E-state index in [2.05, 4.69) is 5.32 Å². The van der Waals surface area contributed by atoms with Crippen molar-refractivity contribution in [1.82, 2.24) is 10.2 Å². The number of rotatable bonds is 1. The first-order valence-electron chi connectivity index (χ1n) is 4.33. The summed E-state index contributed by atoms with van der Waals surface area (Å²) in [6, 6.07) is 1.20. The van der Waals surface area contributed by atoms with Gasteiger partial charge in [0, 0.05) is 31.6 Å². The zero-order valence-electron chi connectivity index (χ0n) is 6.84. The standard InChI is InChI=1S/C8H14N2O/c1-2-8(11)10-4-6-3-7(5-10)9-6/h6-7,9H,2-5H2,1H3/t6-,7-/m0/s1. The van der Waals surface area contributed by atoms with Crippen molar-refractivity contribution in [2.45, 2.75) is 31.8 Å². The van der Waals surface area contributed by atoms with Crippen LogP contribution in [-0.4, -0.2) is 36.0 Å². The molecule has 3 rings (SSSR count). The van der Waals surface area contributed by atoms with Crippen molar-refractivity contribution in [3.8, 4) is 0 Å². The Morgan fingerprint density at radius 3 is 2.55 bits per heavy atom. The predicted molar refractivity (Wildman–Crippen MR) is 42.2 cm³/mol. The number of fused-ring (bicyclic) bond motifs is 2. The fourth-order valence-corrected chi connectivity index (χ4v) is 1.94. The maximum Gasteiger partial charge on any atom is 0.222 e. The van der Waals surface area contributed by atoms with E-state index in [-0.39, 0.29) is 0 Å². The van der Waals surface area contributed by atoms with E-state index in [4.69, 9.17) is 0 Å². The highest BCUT2D eigenvalue weighted by atomic mass is 16.2. The second-order valence-electron chi connectivity index (χ2n) is 3.45. The fourth-order valence-electron chi connectivity index (χ4n) is 1.94. The van der Waals surface area contributed by atoms with E-state index < -0.39 is 0 Å². The SMILES string of the molecule is CCC(=O)N1C[C@@H]2C[C@@H](C1)N2. The number of carbonyl (C=O) groups is 1. The summed E-state index contributed by atoms with van der Waals surface area (Å²) in [5, 5.41) is 3.39. The molecule has 3 fully saturated rings. The Hall–Kier alpha value is -0.570. The Morgan fingerprint density at radius 2 is 2.09 bits per heavy atom. The van der Waals surface area contributed by atoms with Crippen LogP contribution in [0, 0.1) is 0 Å². The van der Waals surface area contributed by atoms with Crippen molar-refractivity contribution in [2.24, 2.45) is 0 Å². The lowest BCUT2D eigenvalue weighted by Gasteiger charge is -2.48. The summed E-state index contributed by atoms with van der Waals surface area (Å²) in [6.45, 7) is 3.79. The highest BCUT2D eigenvalue weighted by molar-refractivity contribution is 5.76. The van der Waals surface area contributed by atoms with Crippen molar-refractivity contribution in [3.05, 3.63) is 0 Å². The summed E-state index contributed by atoms with van der Waals surface area (Å²) in [7, 11) is 0. The molecule has 1 N–H and O–H groups in total. The lowest BCUT2D eigenvalue weighted by molar-refractivity contribution is -0.134. The average molecular weight is 154 g/mol. The molecule has 0 saturated carbocycles. The molecule has 11 heavy (non-hydrogen) atoms. The van der Waals surface area contributed by atoms with Crippen molar-refractivity contribution in [1.29, 1.82) is 0 Å². The van der Waals surface area contributed by atoms with Gasteiger partial charge in [0.05, 0.1) is 0 Å². The smallest absolute Gasteiger partial charge is 0.222 e. The van der Waals surface area contributed by atoms with Crippen LogP contribution in [0.25, 0.3) is 0 Å². The fraction of sp³-hybridized carbons (Fsp3) is 0.875. The Morgan fingerprint density at radius 1 is 1.55 bits per heavy atom. The van der Waals surface area contributed by atoms with Crippen LogP contribution < -0.4 is 5.32 Å². The van der Waals surface area contributed by atoms with Gasteiger partial charge in [-0.25, -0.2) is 0 Å². The van der Waals surface area contributed by atoms with Crippen molar-refractivity contribution in [3.63, 3.8) is 0 Å². The molecule has 0 unspecified atom stereocenters. The summed E-state index contributed by atoms with van der Waals surface area (Å²) in [6.07, 6.45) is 1.92. The predicted octanol–water partition coefficient (Wildman–Crippen LogP) is -0.0309. The largest absolute Gasteiger partial charge is 0.340 e. The van der Waals surface area contributed by atoms with Crippen LogP contribution >= 0.6 is 0 Å². The topological polar surface area (TPSA) is 32.3 Å². The molecular weight excluding hydrogens is 140 g/mol. The number of hydrogen-bond acceptors (Lipinski definition) is 2. The van der Waals surface area contributed by atoms with E-state index in [1.807, 2.05) is 11.8 Å². The van der Waals surface area contributed by atoms with Gasteiger partial charge in [0.25, 0.3) is 0 Å². The zero-order chi connectivity index (χ0) is 7.84. The second kappa shape index (κ2) is 2.48. The van der Waals surface area contributed by atoms with Crippen LogP contribution in [0.15, 0.2) is 0 Å². The molecule has 0 aromatic carbocycles. The van der Waals surface area contributed by atoms with Crippen LogP contribution in [0.2, 0.25) is 0 Å². The van der Waals surface area contributed by atoms with E-state index in [1.165, 1.54) is 6.42 Å². The summed E-state index contributed by atoms with van der Waals surface area (Å²) >= 11 is 0. The number of nitrogens with zero attached hydrogens (tertiary/aromatic N) is 1. The molecule has 0 aliphatic carbocycles. The molecule has 2 bridgehead atoms. The Labute approximate surface area is 66.8 Å². The van der Waals surface area contributed by atoms with E-state index >= 15 is 0 Å². The van der Waals surface area contributed by atoms with Crippen LogP contribution in [0.5, 0.6) is 0 Å². The normalized spacial score (nSPS) is 34.8. The highest BCUT2D eigenvalue weighted by Gasteiger charge is 2.37. The minimum absolute atomic E-state index is 0.307. The lowest BCUT2D eigenvalue weighted by atomic mass is 9.91. The summed E-state index contributed by atoms with van der Waals surface area (Å²) in [5.74, 6) is 0.307. The van der Waals surface area contributed by atoms with E-state index in [0.717, 1.165) is 13.1 Å². The van der Waals surface area contributed by atoms with Gasteiger partial charge in [-0.15, -0.1) is 0 Å². The molecule has 0 spiro atoms. The molecule has 3 nitrogen and oxygen atoms in total. The van der Waals surface area contributed by atoms with Crippen LogP contribution in [0.3, 0.4) is 0 Å². The third kappa shape index (κ3) is 1.13. The quantitative estimate of drug-likeness (QED) is 0.575. The van der Waals surface area contributed by atoms with Crippen LogP contribution in [-0.2, 0) is 4.79 Å². The summed E-state index contributed by atoms with van der Waals surface area (Å²) < 4.78 is 0.